The molecule has 0 bridgehead atoms. The Morgan fingerprint density at radius 3 is 2.95 bits per heavy atom. The average Bonchev–Trinajstić information content (AvgIpc) is 2.96. The van der Waals surface area contributed by atoms with Crippen molar-refractivity contribution in [2.45, 2.75) is 19.4 Å². The summed E-state index contributed by atoms with van der Waals surface area (Å²) >= 11 is 1.46. The molecule has 0 saturated heterocycles. The van der Waals surface area contributed by atoms with Crippen molar-refractivity contribution in [2.75, 3.05) is 13.7 Å². The normalized spacial score (nSPS) is 11.4. The summed E-state index contributed by atoms with van der Waals surface area (Å²) in [6, 6.07) is 7.52. The number of nitrogens with zero attached hydrogens (tertiary/aromatic N) is 1. The summed E-state index contributed by atoms with van der Waals surface area (Å²) in [4.78, 5) is 16.5. The Kier molecular flexibility index (Phi) is 7.31. The van der Waals surface area contributed by atoms with Crippen LogP contribution in [0.25, 0.3) is 0 Å². The van der Waals surface area contributed by atoms with E-state index in [1.807, 2.05) is 31.2 Å². The van der Waals surface area contributed by atoms with Gasteiger partial charge in [-0.25, -0.2) is 4.98 Å². The van der Waals surface area contributed by atoms with Crippen molar-refractivity contribution in [3.8, 4) is 5.75 Å². The number of carbonyl (C=O) groups is 1. The van der Waals surface area contributed by atoms with Gasteiger partial charge >= 0.3 is 0 Å². The van der Waals surface area contributed by atoms with Crippen molar-refractivity contribution in [3.63, 3.8) is 0 Å². The number of ether oxygens (including phenoxy) is 1. The number of amides is 1. The van der Waals surface area contributed by atoms with Gasteiger partial charge < -0.3 is 15.8 Å². The van der Waals surface area contributed by atoms with E-state index in [9.17, 15) is 4.79 Å². The largest absolute Gasteiger partial charge is 0.497 e. The summed E-state index contributed by atoms with van der Waals surface area (Å²) in [7, 11) is 1.62. The van der Waals surface area contributed by atoms with Gasteiger partial charge in [0.1, 0.15) is 11.4 Å². The molecule has 120 valence electrons. The molecule has 0 saturated carbocycles. The molecule has 1 atom stereocenters. The molecule has 2 rings (SSSR count). The highest BCUT2D eigenvalue weighted by Crippen LogP contribution is 2.19. The number of rotatable bonds is 6. The summed E-state index contributed by atoms with van der Waals surface area (Å²) in [5.74, 6) is 0.595. The summed E-state index contributed by atoms with van der Waals surface area (Å²) in [5, 5.41) is 5.59. The number of nitrogens with one attached hydrogen (secondary N) is 1. The fourth-order valence-corrected chi connectivity index (χ4v) is 2.71. The first-order valence-corrected chi connectivity index (χ1v) is 7.61. The minimum atomic E-state index is -0.176. The highest BCUT2D eigenvalue weighted by Gasteiger charge is 2.14. The molecule has 0 spiro atoms. The van der Waals surface area contributed by atoms with Gasteiger partial charge in [-0.3, -0.25) is 4.79 Å². The maximum absolute atomic E-state index is 12.2. The van der Waals surface area contributed by atoms with Gasteiger partial charge in [0.05, 0.1) is 18.2 Å². The number of hydrogen-bond acceptors (Lipinski definition) is 5. The average molecular weight is 342 g/mol. The number of thiazole rings is 1. The predicted molar refractivity (Wildman–Crippen MR) is 91.0 cm³/mol. The van der Waals surface area contributed by atoms with E-state index in [0.717, 1.165) is 16.3 Å². The summed E-state index contributed by atoms with van der Waals surface area (Å²) in [6.45, 7) is 2.47. The first kappa shape index (κ1) is 18.4. The van der Waals surface area contributed by atoms with Gasteiger partial charge in [-0.15, -0.1) is 23.7 Å². The zero-order valence-corrected chi connectivity index (χ0v) is 14.2. The Bertz CT molecular complexity index is 618. The number of hydrogen-bond donors (Lipinski definition) is 2. The van der Waals surface area contributed by atoms with Crippen LogP contribution >= 0.6 is 23.7 Å². The molecule has 0 fully saturated rings. The molecule has 1 amide bonds. The Morgan fingerprint density at radius 1 is 1.50 bits per heavy atom. The second-order valence-corrected chi connectivity index (χ2v) is 5.58. The monoisotopic (exact) mass is 341 g/mol. The molecule has 1 unspecified atom stereocenters. The van der Waals surface area contributed by atoms with Gasteiger partial charge in [-0.2, -0.15) is 0 Å². The first-order valence-electron chi connectivity index (χ1n) is 6.73. The molecular formula is C15H20ClN3O2S. The highest BCUT2D eigenvalue weighted by molar-refractivity contribution is 7.09. The van der Waals surface area contributed by atoms with Crippen LogP contribution in [0.2, 0.25) is 0 Å². The van der Waals surface area contributed by atoms with Crippen LogP contribution < -0.4 is 15.8 Å². The van der Waals surface area contributed by atoms with Crippen LogP contribution in [0.5, 0.6) is 5.75 Å². The third kappa shape index (κ3) is 4.69. The lowest BCUT2D eigenvalue weighted by atomic mass is 10.1. The van der Waals surface area contributed by atoms with Crippen LogP contribution in [-0.2, 0) is 6.42 Å². The molecule has 0 radical (unpaired) electrons. The quantitative estimate of drug-likeness (QED) is 0.846. The topological polar surface area (TPSA) is 77.2 Å². The number of aromatic nitrogens is 1. The second kappa shape index (κ2) is 8.73. The van der Waals surface area contributed by atoms with Gasteiger partial charge in [0.15, 0.2) is 0 Å². The molecule has 1 aromatic heterocycles. The van der Waals surface area contributed by atoms with E-state index in [1.54, 1.807) is 12.5 Å². The smallest absolute Gasteiger partial charge is 0.271 e. The molecule has 1 aromatic carbocycles. The Morgan fingerprint density at radius 2 is 2.27 bits per heavy atom. The fourth-order valence-electron chi connectivity index (χ4n) is 1.92. The number of carbonyl (C=O) groups excluding carboxylic acids is 1. The van der Waals surface area contributed by atoms with Crippen molar-refractivity contribution in [1.82, 2.24) is 10.3 Å². The van der Waals surface area contributed by atoms with Crippen molar-refractivity contribution in [2.24, 2.45) is 5.73 Å². The zero-order chi connectivity index (χ0) is 15.2. The molecule has 0 aliphatic rings. The van der Waals surface area contributed by atoms with Crippen molar-refractivity contribution in [3.05, 3.63) is 45.9 Å². The van der Waals surface area contributed by atoms with Crippen LogP contribution in [-0.4, -0.2) is 24.5 Å². The van der Waals surface area contributed by atoms with Gasteiger partial charge in [-0.1, -0.05) is 12.1 Å². The maximum Gasteiger partial charge on any atom is 0.271 e. The van der Waals surface area contributed by atoms with Crippen molar-refractivity contribution in [1.29, 1.82) is 0 Å². The number of methoxy groups -OCH3 is 1. The van der Waals surface area contributed by atoms with Crippen LogP contribution in [0.15, 0.2) is 29.6 Å². The minimum Gasteiger partial charge on any atom is -0.497 e. The van der Waals surface area contributed by atoms with Gasteiger partial charge in [0.25, 0.3) is 5.91 Å². The van der Waals surface area contributed by atoms with Crippen LogP contribution in [0, 0.1) is 0 Å². The minimum absolute atomic E-state index is 0. The molecule has 5 nitrogen and oxygen atoms in total. The van der Waals surface area contributed by atoms with Crippen LogP contribution in [0.3, 0.4) is 0 Å². The lowest BCUT2D eigenvalue weighted by Crippen LogP contribution is -2.27. The van der Waals surface area contributed by atoms with E-state index in [1.165, 1.54) is 11.3 Å². The molecule has 1 heterocycles. The first-order chi connectivity index (χ1) is 10.1. The van der Waals surface area contributed by atoms with Crippen molar-refractivity contribution >= 4 is 29.7 Å². The molecule has 7 heteroatoms. The van der Waals surface area contributed by atoms with E-state index in [0.29, 0.717) is 18.7 Å². The number of nitrogens with two attached hydrogens (primary N) is 1. The van der Waals surface area contributed by atoms with E-state index in [4.69, 9.17) is 10.5 Å². The van der Waals surface area contributed by atoms with Gasteiger partial charge in [-0.05, 0) is 31.2 Å². The van der Waals surface area contributed by atoms with E-state index >= 15 is 0 Å². The lowest BCUT2D eigenvalue weighted by molar-refractivity contribution is 0.0935. The molecule has 22 heavy (non-hydrogen) atoms. The van der Waals surface area contributed by atoms with Crippen LogP contribution in [0.1, 0.15) is 34.0 Å². The highest BCUT2D eigenvalue weighted by atomic mass is 35.5. The Labute approximate surface area is 140 Å². The summed E-state index contributed by atoms with van der Waals surface area (Å²) in [6.07, 6.45) is 0.698. The number of halogens is 1. The molecule has 2 aromatic rings. The number of benzene rings is 1. The summed E-state index contributed by atoms with van der Waals surface area (Å²) in [5.41, 5.74) is 6.91. The third-order valence-electron chi connectivity index (χ3n) is 3.08. The van der Waals surface area contributed by atoms with E-state index in [-0.39, 0.29) is 24.4 Å². The van der Waals surface area contributed by atoms with Crippen LogP contribution in [0.4, 0.5) is 0 Å². The van der Waals surface area contributed by atoms with E-state index in [2.05, 4.69) is 10.3 Å². The lowest BCUT2D eigenvalue weighted by Gasteiger charge is -2.14. The third-order valence-corrected chi connectivity index (χ3v) is 3.99. The summed E-state index contributed by atoms with van der Waals surface area (Å²) < 4.78 is 5.19. The second-order valence-electron chi connectivity index (χ2n) is 4.64. The van der Waals surface area contributed by atoms with Crippen molar-refractivity contribution < 1.29 is 9.53 Å². The Hall–Kier alpha value is -1.63. The fraction of sp³-hybridized carbons (Fsp3) is 0.333. The van der Waals surface area contributed by atoms with Gasteiger partial charge in [0, 0.05) is 11.8 Å². The Balaban J connectivity index is 0.00000242. The molecule has 3 N–H and O–H groups in total. The molecular weight excluding hydrogens is 322 g/mol. The standard InChI is InChI=1S/C15H19N3O2S.ClH/c1-10(11-4-3-5-12(8-11)20-2)17-15(19)13-9-21-14(18-13)6-7-16;/h3-5,8-10H,6-7,16H2,1-2H3,(H,17,19);1H. The van der Waals surface area contributed by atoms with E-state index < -0.39 is 0 Å². The maximum atomic E-state index is 12.2. The molecule has 0 aliphatic carbocycles. The SMILES string of the molecule is COc1cccc(C(C)NC(=O)c2csc(CCN)n2)c1.Cl. The zero-order valence-electron chi connectivity index (χ0n) is 12.5. The van der Waals surface area contributed by atoms with Gasteiger partial charge in [0.2, 0.25) is 0 Å². The predicted octanol–water partition coefficient (Wildman–Crippen LogP) is 2.57. The molecule has 0 aliphatic heterocycles.